The van der Waals surface area contributed by atoms with Crippen LogP contribution in [0.4, 0.5) is 4.79 Å². The number of nitrogens with zero attached hydrogens (tertiary/aromatic N) is 5. The molecule has 1 aliphatic heterocycles. The van der Waals surface area contributed by atoms with E-state index >= 15 is 0 Å². The standard InChI is InChI=1S/C11H10N4OS.C11H21NO2/c1-7-5-10(17-14-7)8-6-15-9(3-4-12-15)11(13-8)16-2;1-11(2,3)14-10(13)12-8-6-4-5-7-9-12/h3-6H,1-2H3;4-9H2,1-3H3. The van der Waals surface area contributed by atoms with E-state index in [2.05, 4.69) is 14.5 Å². The Kier molecular flexibility index (Phi) is 7.48. The summed E-state index contributed by atoms with van der Waals surface area (Å²) in [5.74, 6) is 0.575. The van der Waals surface area contributed by atoms with Crippen LogP contribution in [0.2, 0.25) is 0 Å². The van der Waals surface area contributed by atoms with Crippen LogP contribution < -0.4 is 4.74 Å². The van der Waals surface area contributed by atoms with Gasteiger partial charge in [0.05, 0.1) is 30.1 Å². The fourth-order valence-electron chi connectivity index (χ4n) is 3.23. The summed E-state index contributed by atoms with van der Waals surface area (Å²) in [6.45, 7) is 9.39. The van der Waals surface area contributed by atoms with E-state index in [4.69, 9.17) is 9.47 Å². The third-order valence-corrected chi connectivity index (χ3v) is 5.59. The summed E-state index contributed by atoms with van der Waals surface area (Å²) in [7, 11) is 1.61. The molecule has 1 amide bonds. The van der Waals surface area contributed by atoms with Gasteiger partial charge in [0.25, 0.3) is 0 Å². The van der Waals surface area contributed by atoms with Crippen LogP contribution >= 0.6 is 11.5 Å². The Balaban J connectivity index is 0.000000180. The van der Waals surface area contributed by atoms with E-state index in [1.807, 2.05) is 50.9 Å². The van der Waals surface area contributed by atoms with E-state index in [0.29, 0.717) is 5.88 Å². The van der Waals surface area contributed by atoms with Gasteiger partial charge < -0.3 is 14.4 Å². The number of hydrogen-bond donors (Lipinski definition) is 0. The Labute approximate surface area is 187 Å². The molecule has 4 rings (SSSR count). The van der Waals surface area contributed by atoms with Crippen molar-refractivity contribution >= 4 is 23.1 Å². The van der Waals surface area contributed by atoms with E-state index in [-0.39, 0.29) is 11.7 Å². The molecule has 4 heterocycles. The molecule has 0 atom stereocenters. The maximum atomic E-state index is 11.7. The lowest BCUT2D eigenvalue weighted by Gasteiger charge is -2.26. The van der Waals surface area contributed by atoms with Gasteiger partial charge in [-0.1, -0.05) is 12.8 Å². The molecule has 0 bridgehead atoms. The van der Waals surface area contributed by atoms with Crippen molar-refractivity contribution in [3.8, 4) is 16.5 Å². The molecule has 9 heteroatoms. The second-order valence-electron chi connectivity index (χ2n) is 8.51. The predicted molar refractivity (Wildman–Crippen MR) is 122 cm³/mol. The highest BCUT2D eigenvalue weighted by Crippen LogP contribution is 2.26. The van der Waals surface area contributed by atoms with E-state index in [0.717, 1.165) is 47.7 Å². The molecule has 0 spiro atoms. The molecule has 0 N–H and O–H groups in total. The molecule has 168 valence electrons. The number of hydrogen-bond acceptors (Lipinski definition) is 7. The third kappa shape index (κ3) is 6.40. The van der Waals surface area contributed by atoms with Crippen molar-refractivity contribution < 1.29 is 14.3 Å². The van der Waals surface area contributed by atoms with E-state index in [9.17, 15) is 4.79 Å². The monoisotopic (exact) mass is 445 g/mol. The molecule has 0 aliphatic carbocycles. The van der Waals surface area contributed by atoms with E-state index in [1.54, 1.807) is 17.8 Å². The van der Waals surface area contributed by atoms with Gasteiger partial charge in [-0.05, 0) is 64.2 Å². The quantitative estimate of drug-likeness (QED) is 0.554. The van der Waals surface area contributed by atoms with Crippen molar-refractivity contribution in [3.05, 3.63) is 30.2 Å². The largest absolute Gasteiger partial charge is 0.479 e. The van der Waals surface area contributed by atoms with Crippen LogP contribution in [0.5, 0.6) is 5.88 Å². The van der Waals surface area contributed by atoms with Crippen LogP contribution in [-0.4, -0.2) is 55.8 Å². The van der Waals surface area contributed by atoms with Crippen LogP contribution in [0.3, 0.4) is 0 Å². The van der Waals surface area contributed by atoms with Crippen molar-refractivity contribution in [1.82, 2.24) is 23.9 Å². The molecule has 31 heavy (non-hydrogen) atoms. The predicted octanol–water partition coefficient (Wildman–Crippen LogP) is 4.97. The van der Waals surface area contributed by atoms with Crippen LogP contribution in [0.15, 0.2) is 24.5 Å². The SMILES string of the molecule is CC(C)(C)OC(=O)N1CCCCCC1.COc1nc(-c2cc(C)ns2)cn2nccc12. The maximum absolute atomic E-state index is 11.7. The summed E-state index contributed by atoms with van der Waals surface area (Å²) in [4.78, 5) is 19.0. The number of carbonyl (C=O) groups excluding carboxylic acids is 1. The van der Waals surface area contributed by atoms with Crippen molar-refractivity contribution in [2.24, 2.45) is 0 Å². The number of aromatic nitrogens is 4. The number of amides is 1. The summed E-state index contributed by atoms with van der Waals surface area (Å²) in [5.41, 5.74) is 2.30. The van der Waals surface area contributed by atoms with Gasteiger partial charge in [-0.15, -0.1) is 0 Å². The number of fused-ring (bicyclic) bond motifs is 1. The fraction of sp³-hybridized carbons (Fsp3) is 0.545. The molecule has 0 saturated carbocycles. The van der Waals surface area contributed by atoms with Gasteiger partial charge in [0.1, 0.15) is 16.8 Å². The van der Waals surface area contributed by atoms with E-state index in [1.165, 1.54) is 24.4 Å². The zero-order valence-corrected chi connectivity index (χ0v) is 19.7. The molecule has 0 unspecified atom stereocenters. The second-order valence-corrected chi connectivity index (χ2v) is 9.32. The number of carbonyl (C=O) groups is 1. The highest BCUT2D eigenvalue weighted by molar-refractivity contribution is 7.09. The van der Waals surface area contributed by atoms with Crippen LogP contribution in [0, 0.1) is 6.92 Å². The fourth-order valence-corrected chi connectivity index (χ4v) is 3.94. The minimum Gasteiger partial charge on any atom is -0.479 e. The smallest absolute Gasteiger partial charge is 0.410 e. The molecule has 3 aromatic rings. The Morgan fingerprint density at radius 1 is 1.16 bits per heavy atom. The average Bonchev–Trinajstić information content (AvgIpc) is 3.27. The molecule has 8 nitrogen and oxygen atoms in total. The Bertz CT molecular complexity index is 1000. The van der Waals surface area contributed by atoms with Gasteiger partial charge in [0, 0.05) is 13.1 Å². The number of ether oxygens (including phenoxy) is 2. The zero-order chi connectivity index (χ0) is 22.4. The van der Waals surface area contributed by atoms with E-state index < -0.39 is 0 Å². The first-order valence-corrected chi connectivity index (χ1v) is 11.3. The summed E-state index contributed by atoms with van der Waals surface area (Å²) in [5, 5.41) is 4.20. The number of likely N-dealkylation sites (tertiary alicyclic amines) is 1. The summed E-state index contributed by atoms with van der Waals surface area (Å²) < 4.78 is 16.6. The summed E-state index contributed by atoms with van der Waals surface area (Å²) in [6, 6.07) is 3.87. The summed E-state index contributed by atoms with van der Waals surface area (Å²) in [6.07, 6.45) is 8.14. The van der Waals surface area contributed by atoms with Crippen LogP contribution in [-0.2, 0) is 4.74 Å². The molecule has 0 aromatic carbocycles. The highest BCUT2D eigenvalue weighted by Gasteiger charge is 2.22. The van der Waals surface area contributed by atoms with Gasteiger partial charge in [-0.2, -0.15) is 9.47 Å². The van der Waals surface area contributed by atoms with Gasteiger partial charge in [-0.3, -0.25) is 0 Å². The van der Waals surface area contributed by atoms with Crippen LogP contribution in [0.25, 0.3) is 16.1 Å². The van der Waals surface area contributed by atoms with Crippen molar-refractivity contribution in [2.75, 3.05) is 20.2 Å². The van der Waals surface area contributed by atoms with Gasteiger partial charge >= 0.3 is 6.09 Å². The number of methoxy groups -OCH3 is 1. The lowest BCUT2D eigenvalue weighted by Crippen LogP contribution is -2.37. The molecule has 1 fully saturated rings. The lowest BCUT2D eigenvalue weighted by molar-refractivity contribution is 0.0257. The second kappa shape index (κ2) is 10.1. The Morgan fingerprint density at radius 3 is 2.45 bits per heavy atom. The first-order chi connectivity index (χ1) is 14.8. The molecule has 3 aromatic heterocycles. The minimum absolute atomic E-state index is 0.153. The number of rotatable bonds is 2. The lowest BCUT2D eigenvalue weighted by atomic mass is 10.2. The maximum Gasteiger partial charge on any atom is 0.410 e. The van der Waals surface area contributed by atoms with Gasteiger partial charge in [-0.25, -0.2) is 14.3 Å². The van der Waals surface area contributed by atoms with Crippen molar-refractivity contribution in [1.29, 1.82) is 0 Å². The van der Waals surface area contributed by atoms with Gasteiger partial charge in [0.2, 0.25) is 5.88 Å². The summed E-state index contributed by atoms with van der Waals surface area (Å²) >= 11 is 1.42. The molecular weight excluding hydrogens is 414 g/mol. The average molecular weight is 446 g/mol. The first kappa shape index (κ1) is 23.0. The normalized spacial score (nSPS) is 14.5. The molecule has 1 saturated heterocycles. The molecular formula is C22H31N5O3S. The first-order valence-electron chi connectivity index (χ1n) is 10.6. The molecule has 1 aliphatic rings. The van der Waals surface area contributed by atoms with Crippen molar-refractivity contribution in [3.63, 3.8) is 0 Å². The Hall–Kier alpha value is -2.68. The van der Waals surface area contributed by atoms with Crippen LogP contribution in [0.1, 0.15) is 52.1 Å². The molecule has 0 radical (unpaired) electrons. The third-order valence-electron chi connectivity index (χ3n) is 4.69. The Morgan fingerprint density at radius 2 is 1.87 bits per heavy atom. The highest BCUT2D eigenvalue weighted by atomic mass is 32.1. The van der Waals surface area contributed by atoms with Crippen molar-refractivity contribution in [2.45, 2.75) is 59.0 Å². The topological polar surface area (TPSA) is 81.8 Å². The van der Waals surface area contributed by atoms with Gasteiger partial charge in [0.15, 0.2) is 0 Å². The minimum atomic E-state index is -0.372. The number of aryl methyl sites for hydroxylation is 1. The zero-order valence-electron chi connectivity index (χ0n) is 18.9.